The number of hydrogen-bond donors (Lipinski definition) is 2. The third kappa shape index (κ3) is 8.32. The Kier molecular flexibility index (Phi) is 9.93. The summed E-state index contributed by atoms with van der Waals surface area (Å²) in [5.41, 5.74) is -1.17. The Bertz CT molecular complexity index is 1100. The molecule has 0 aromatic heterocycles. The lowest BCUT2D eigenvalue weighted by Gasteiger charge is -2.29. The van der Waals surface area contributed by atoms with Crippen LogP contribution in [-0.2, 0) is 28.5 Å². The summed E-state index contributed by atoms with van der Waals surface area (Å²) in [6, 6.07) is 19.9. The van der Waals surface area contributed by atoms with Crippen LogP contribution in [0.5, 0.6) is 0 Å². The molecule has 0 aliphatic heterocycles. The van der Waals surface area contributed by atoms with Crippen LogP contribution in [0.1, 0.15) is 40.2 Å². The molecular formula is C28H28F6N2O2. The molecule has 4 nitrogen and oxygen atoms in total. The van der Waals surface area contributed by atoms with Crippen molar-refractivity contribution in [1.82, 2.24) is 10.6 Å². The van der Waals surface area contributed by atoms with Gasteiger partial charge in [-0.1, -0.05) is 60.7 Å². The molecule has 0 saturated carbocycles. The molecule has 0 aliphatic rings. The number of amides is 1. The molecule has 1 atom stereocenters. The Balaban J connectivity index is 1.87. The van der Waals surface area contributed by atoms with Gasteiger partial charge >= 0.3 is 12.4 Å². The van der Waals surface area contributed by atoms with Crippen LogP contribution in [0.25, 0.3) is 0 Å². The molecule has 0 unspecified atom stereocenters. The molecule has 0 saturated heterocycles. The molecule has 0 fully saturated rings. The lowest BCUT2D eigenvalue weighted by Crippen LogP contribution is -2.41. The topological polar surface area (TPSA) is 50.4 Å². The number of ether oxygens (including phenoxy) is 1. The molecule has 10 heteroatoms. The molecule has 204 valence electrons. The van der Waals surface area contributed by atoms with Crippen molar-refractivity contribution >= 4 is 5.91 Å². The van der Waals surface area contributed by atoms with Gasteiger partial charge in [0.15, 0.2) is 0 Å². The van der Waals surface area contributed by atoms with E-state index in [1.54, 1.807) is 0 Å². The molecule has 2 N–H and O–H groups in total. The normalized spacial score (nSPS) is 12.9. The Hall–Kier alpha value is -3.37. The summed E-state index contributed by atoms with van der Waals surface area (Å²) in [6.07, 6.45) is -9.71. The van der Waals surface area contributed by atoms with Crippen LogP contribution in [0.2, 0.25) is 0 Å². The van der Waals surface area contributed by atoms with Gasteiger partial charge in [-0.05, 0) is 34.9 Å². The molecule has 0 heterocycles. The van der Waals surface area contributed by atoms with E-state index in [2.05, 4.69) is 10.6 Å². The highest BCUT2D eigenvalue weighted by atomic mass is 19.4. The molecule has 0 aliphatic carbocycles. The Labute approximate surface area is 217 Å². The monoisotopic (exact) mass is 538 g/mol. The molecule has 38 heavy (non-hydrogen) atoms. The fourth-order valence-electron chi connectivity index (χ4n) is 4.15. The van der Waals surface area contributed by atoms with Gasteiger partial charge in [-0.3, -0.25) is 4.79 Å². The van der Waals surface area contributed by atoms with Gasteiger partial charge in [-0.2, -0.15) is 26.3 Å². The van der Waals surface area contributed by atoms with Crippen molar-refractivity contribution in [3.05, 3.63) is 107 Å². The van der Waals surface area contributed by atoms with Gasteiger partial charge in [0.25, 0.3) is 0 Å². The third-order valence-corrected chi connectivity index (χ3v) is 5.97. The van der Waals surface area contributed by atoms with Crippen LogP contribution >= 0.6 is 0 Å². The molecule has 3 aromatic carbocycles. The quantitative estimate of drug-likeness (QED) is 0.287. The summed E-state index contributed by atoms with van der Waals surface area (Å²) in [4.78, 5) is 11.8. The van der Waals surface area contributed by atoms with E-state index in [4.69, 9.17) is 4.74 Å². The van der Waals surface area contributed by atoms with E-state index in [9.17, 15) is 31.1 Å². The predicted octanol–water partition coefficient (Wildman–Crippen LogP) is 6.17. The first-order valence-electron chi connectivity index (χ1n) is 11.9. The van der Waals surface area contributed by atoms with E-state index in [0.717, 1.165) is 11.1 Å². The average molecular weight is 539 g/mol. The minimum atomic E-state index is -4.94. The maximum absolute atomic E-state index is 13.3. The molecule has 3 rings (SSSR count). The van der Waals surface area contributed by atoms with E-state index in [1.807, 2.05) is 60.7 Å². The van der Waals surface area contributed by atoms with Crippen molar-refractivity contribution in [2.45, 2.75) is 37.3 Å². The zero-order valence-electron chi connectivity index (χ0n) is 20.6. The highest BCUT2D eigenvalue weighted by Crippen LogP contribution is 2.36. The van der Waals surface area contributed by atoms with Crippen molar-refractivity contribution < 1.29 is 35.9 Å². The number of rotatable bonds is 11. The molecule has 0 spiro atoms. The first kappa shape index (κ1) is 29.2. The largest absolute Gasteiger partial charge is 0.416 e. The van der Waals surface area contributed by atoms with Gasteiger partial charge in [0, 0.05) is 32.0 Å². The second kappa shape index (κ2) is 12.9. The molecule has 3 aromatic rings. The number of benzene rings is 3. The molecule has 0 bridgehead atoms. The number of alkyl halides is 6. The van der Waals surface area contributed by atoms with Crippen molar-refractivity contribution in [3.63, 3.8) is 0 Å². The van der Waals surface area contributed by atoms with Crippen molar-refractivity contribution in [3.8, 4) is 0 Å². The van der Waals surface area contributed by atoms with Gasteiger partial charge in [0.2, 0.25) is 5.91 Å². The van der Waals surface area contributed by atoms with E-state index in [1.165, 1.54) is 7.05 Å². The second-order valence-corrected chi connectivity index (χ2v) is 8.71. The van der Waals surface area contributed by atoms with Crippen LogP contribution in [0.15, 0.2) is 78.9 Å². The fraction of sp³-hybridized carbons (Fsp3) is 0.321. The lowest BCUT2D eigenvalue weighted by molar-refractivity contribution is -0.143. The van der Waals surface area contributed by atoms with E-state index in [0.29, 0.717) is 12.1 Å². The summed E-state index contributed by atoms with van der Waals surface area (Å²) in [7, 11) is 1.52. The van der Waals surface area contributed by atoms with Gasteiger partial charge in [0.1, 0.15) is 0 Å². The predicted molar refractivity (Wildman–Crippen MR) is 131 cm³/mol. The molecule has 0 radical (unpaired) electrons. The minimum Gasteiger partial charge on any atom is -0.375 e. The highest BCUT2D eigenvalue weighted by molar-refractivity contribution is 5.75. The standard InChI is InChI=1S/C28H28F6N2O2/c1-35-25(37)12-13-36-24(26(20-8-4-2-5-9-20)21-10-6-3-7-11-21)18-38-17-19-14-22(27(29,30)31)16-23(15-19)28(32,33)34/h2-11,14-16,24,26,36H,12-13,17-18H2,1H3,(H,35,37)/t24-/m1/s1. The van der Waals surface area contributed by atoms with Gasteiger partial charge in [0.05, 0.1) is 24.3 Å². The number of nitrogens with one attached hydrogen (secondary N) is 2. The Morgan fingerprint density at radius 2 is 1.32 bits per heavy atom. The average Bonchev–Trinajstić information content (AvgIpc) is 2.88. The maximum atomic E-state index is 13.3. The van der Waals surface area contributed by atoms with Crippen molar-refractivity contribution in [2.24, 2.45) is 0 Å². The van der Waals surface area contributed by atoms with E-state index >= 15 is 0 Å². The number of carbonyl (C=O) groups is 1. The smallest absolute Gasteiger partial charge is 0.375 e. The maximum Gasteiger partial charge on any atom is 0.416 e. The third-order valence-electron chi connectivity index (χ3n) is 5.97. The van der Waals surface area contributed by atoms with Crippen molar-refractivity contribution in [1.29, 1.82) is 0 Å². The van der Waals surface area contributed by atoms with Crippen molar-refractivity contribution in [2.75, 3.05) is 20.2 Å². The number of halogens is 6. The summed E-state index contributed by atoms with van der Waals surface area (Å²) in [5, 5.41) is 5.83. The number of carbonyl (C=O) groups excluding carboxylic acids is 1. The summed E-state index contributed by atoms with van der Waals surface area (Å²) in [5.74, 6) is -0.453. The van der Waals surface area contributed by atoms with Crippen LogP contribution < -0.4 is 10.6 Å². The first-order chi connectivity index (χ1) is 18.0. The van der Waals surface area contributed by atoms with Crippen LogP contribution in [0.4, 0.5) is 26.3 Å². The lowest BCUT2D eigenvalue weighted by atomic mass is 9.85. The second-order valence-electron chi connectivity index (χ2n) is 8.71. The zero-order valence-corrected chi connectivity index (χ0v) is 20.6. The van der Waals surface area contributed by atoms with E-state index < -0.39 is 36.1 Å². The minimum absolute atomic E-state index is 0.0419. The van der Waals surface area contributed by atoms with Crippen LogP contribution in [0.3, 0.4) is 0 Å². The fourth-order valence-corrected chi connectivity index (χ4v) is 4.15. The SMILES string of the molecule is CNC(=O)CCN[C@H](COCc1cc(C(F)(F)F)cc(C(F)(F)F)c1)C(c1ccccc1)c1ccccc1. The summed E-state index contributed by atoms with van der Waals surface area (Å²) in [6.45, 7) is -0.220. The first-order valence-corrected chi connectivity index (χ1v) is 11.9. The summed E-state index contributed by atoms with van der Waals surface area (Å²) >= 11 is 0. The van der Waals surface area contributed by atoms with Crippen LogP contribution in [0, 0.1) is 0 Å². The Morgan fingerprint density at radius 3 is 1.76 bits per heavy atom. The highest BCUT2D eigenvalue weighted by Gasteiger charge is 2.37. The molecule has 1 amide bonds. The van der Waals surface area contributed by atoms with Gasteiger partial charge in [-0.25, -0.2) is 0 Å². The van der Waals surface area contributed by atoms with Gasteiger partial charge < -0.3 is 15.4 Å². The van der Waals surface area contributed by atoms with E-state index in [-0.39, 0.29) is 43.0 Å². The Morgan fingerprint density at radius 1 is 0.816 bits per heavy atom. The van der Waals surface area contributed by atoms with Crippen LogP contribution in [-0.4, -0.2) is 32.1 Å². The summed E-state index contributed by atoms with van der Waals surface area (Å²) < 4.78 is 85.2. The number of hydrogen-bond acceptors (Lipinski definition) is 3. The van der Waals surface area contributed by atoms with Gasteiger partial charge in [-0.15, -0.1) is 0 Å². The zero-order chi connectivity index (χ0) is 27.8. The molecular weight excluding hydrogens is 510 g/mol.